The monoisotopic (exact) mass is 648 g/mol. The molecule has 10 heteroatoms. The number of aldehydes is 1. The van der Waals surface area contributed by atoms with E-state index < -0.39 is 71.7 Å². The number of aliphatic hydroxyl groups is 5. The third kappa shape index (κ3) is 4.53. The van der Waals surface area contributed by atoms with Crippen LogP contribution in [0.5, 0.6) is 0 Å². The zero-order chi connectivity index (χ0) is 33.8. The predicted molar refractivity (Wildman–Crippen MR) is 167 cm³/mol. The van der Waals surface area contributed by atoms with Crippen LogP contribution in [-0.4, -0.2) is 92.4 Å². The third-order valence-corrected chi connectivity index (χ3v) is 15.1. The number of rotatable bonds is 5. The fourth-order valence-electron chi connectivity index (χ4n) is 12.2. The highest BCUT2D eigenvalue weighted by Gasteiger charge is 2.71. The second-order valence-corrected chi connectivity index (χ2v) is 17.7. The van der Waals surface area contributed by atoms with Gasteiger partial charge in [0.1, 0.15) is 30.7 Å². The van der Waals surface area contributed by atoms with Gasteiger partial charge in [-0.05, 0) is 97.2 Å². The Bertz CT molecular complexity index is 1270. The Labute approximate surface area is 272 Å². The summed E-state index contributed by atoms with van der Waals surface area (Å²) in [5.41, 5.74) is -1.34. The minimum Gasteiger partial charge on any atom is -0.481 e. The molecule has 0 radical (unpaired) electrons. The summed E-state index contributed by atoms with van der Waals surface area (Å²) in [5.74, 6) is -0.711. The first-order valence-corrected chi connectivity index (χ1v) is 17.4. The lowest BCUT2D eigenvalue weighted by Crippen LogP contribution is -2.69. The van der Waals surface area contributed by atoms with Gasteiger partial charge in [0.25, 0.3) is 0 Å². The van der Waals surface area contributed by atoms with E-state index in [1.54, 1.807) is 6.92 Å². The molecule has 2 unspecified atom stereocenters. The first kappa shape index (κ1) is 34.5. The number of allylic oxidation sites excluding steroid dienone is 2. The Morgan fingerprint density at radius 3 is 2.24 bits per heavy atom. The van der Waals surface area contributed by atoms with E-state index in [0.717, 1.165) is 38.4 Å². The van der Waals surface area contributed by atoms with Gasteiger partial charge < -0.3 is 44.9 Å². The summed E-state index contributed by atoms with van der Waals surface area (Å²) >= 11 is 0. The number of carbonyl (C=O) groups is 2. The van der Waals surface area contributed by atoms with Crippen molar-refractivity contribution in [3.63, 3.8) is 0 Å². The lowest BCUT2D eigenvalue weighted by Gasteiger charge is -2.71. The fraction of sp³-hybridized carbons (Fsp3) is 0.889. The van der Waals surface area contributed by atoms with Gasteiger partial charge in [0.05, 0.1) is 29.6 Å². The summed E-state index contributed by atoms with van der Waals surface area (Å²) in [6.45, 7) is 12.6. The Kier molecular flexibility index (Phi) is 8.28. The smallest absolute Gasteiger partial charge is 0.310 e. The molecule has 6 rings (SSSR count). The number of ether oxygens (including phenoxy) is 2. The van der Waals surface area contributed by atoms with Crippen LogP contribution in [0.2, 0.25) is 0 Å². The summed E-state index contributed by atoms with van der Waals surface area (Å²) in [7, 11) is 0. The van der Waals surface area contributed by atoms with E-state index in [1.165, 1.54) is 5.57 Å². The average molecular weight is 649 g/mol. The standard InChI is InChI=1S/C36H56O10/c1-31(2)11-13-36(30(43)44)14-12-34(5)19(20(36)15-31)7-8-24-32(3)16-21(39)28(33(4,18-38)23(32)9-10-35(24,34)6)46-29-27(42)26(41)25(40)22(17-37)45-29/h7,18,20-29,37,39-42H,8-17H2,1-6H3,(H,43,44)/t20-,21?,22+,23+,24+,25+,26-,27+,28?,29-,32-,33-,34+,35+,36-/m0/s1. The molecule has 0 amide bonds. The van der Waals surface area contributed by atoms with Gasteiger partial charge in [0, 0.05) is 0 Å². The van der Waals surface area contributed by atoms with Gasteiger partial charge in [-0.1, -0.05) is 53.2 Å². The molecule has 6 aliphatic rings. The van der Waals surface area contributed by atoms with E-state index in [2.05, 4.69) is 40.7 Å². The molecule has 0 aromatic carbocycles. The second kappa shape index (κ2) is 11.1. The van der Waals surface area contributed by atoms with E-state index in [0.29, 0.717) is 25.7 Å². The highest BCUT2D eigenvalue weighted by atomic mass is 16.7. The third-order valence-electron chi connectivity index (χ3n) is 15.1. The van der Waals surface area contributed by atoms with Gasteiger partial charge in [-0.3, -0.25) is 4.79 Å². The van der Waals surface area contributed by atoms with Gasteiger partial charge in [0.2, 0.25) is 0 Å². The number of hydrogen-bond donors (Lipinski definition) is 6. The molecule has 5 aliphatic carbocycles. The van der Waals surface area contributed by atoms with Crippen molar-refractivity contribution in [2.24, 2.45) is 50.2 Å². The van der Waals surface area contributed by atoms with E-state index in [-0.39, 0.29) is 34.0 Å². The van der Waals surface area contributed by atoms with Crippen LogP contribution in [0.3, 0.4) is 0 Å². The largest absolute Gasteiger partial charge is 0.481 e. The highest BCUT2D eigenvalue weighted by Crippen LogP contribution is 2.75. The van der Waals surface area contributed by atoms with Gasteiger partial charge in [-0.2, -0.15) is 0 Å². The fourth-order valence-corrected chi connectivity index (χ4v) is 12.2. The first-order chi connectivity index (χ1) is 21.3. The molecule has 1 saturated heterocycles. The van der Waals surface area contributed by atoms with Crippen LogP contribution < -0.4 is 0 Å². The Hall–Kier alpha value is -1.40. The molecule has 15 atom stereocenters. The van der Waals surface area contributed by atoms with Crippen molar-refractivity contribution in [2.75, 3.05) is 6.61 Å². The van der Waals surface area contributed by atoms with Crippen molar-refractivity contribution in [1.29, 1.82) is 0 Å². The van der Waals surface area contributed by atoms with Crippen LogP contribution in [0.15, 0.2) is 11.6 Å². The van der Waals surface area contributed by atoms with Gasteiger partial charge >= 0.3 is 5.97 Å². The molecule has 0 spiro atoms. The molecule has 46 heavy (non-hydrogen) atoms. The first-order valence-electron chi connectivity index (χ1n) is 17.4. The van der Waals surface area contributed by atoms with Crippen LogP contribution in [0.4, 0.5) is 0 Å². The second-order valence-electron chi connectivity index (χ2n) is 17.7. The van der Waals surface area contributed by atoms with E-state index in [9.17, 15) is 40.2 Å². The number of aliphatic carboxylic acids is 1. The molecule has 0 bridgehead atoms. The maximum atomic E-state index is 13.2. The predicted octanol–water partition coefficient (Wildman–Crippen LogP) is 3.21. The number of hydrogen-bond acceptors (Lipinski definition) is 9. The van der Waals surface area contributed by atoms with E-state index in [4.69, 9.17) is 9.47 Å². The molecule has 1 aliphatic heterocycles. The molecule has 4 saturated carbocycles. The average Bonchev–Trinajstić information content (AvgIpc) is 2.98. The summed E-state index contributed by atoms with van der Waals surface area (Å²) < 4.78 is 11.8. The van der Waals surface area contributed by atoms with Crippen molar-refractivity contribution < 1.29 is 49.7 Å². The number of carboxylic acids is 1. The number of carbonyl (C=O) groups excluding carboxylic acids is 1. The van der Waals surface area contributed by atoms with Crippen LogP contribution in [0.1, 0.15) is 99.3 Å². The Balaban J connectivity index is 1.34. The van der Waals surface area contributed by atoms with Crippen molar-refractivity contribution in [1.82, 2.24) is 0 Å². The molecule has 6 N–H and O–H groups in total. The van der Waals surface area contributed by atoms with Gasteiger partial charge in [-0.15, -0.1) is 0 Å². The van der Waals surface area contributed by atoms with Crippen molar-refractivity contribution in [3.05, 3.63) is 11.6 Å². The quantitative estimate of drug-likeness (QED) is 0.148. The Morgan fingerprint density at radius 1 is 0.935 bits per heavy atom. The lowest BCUT2D eigenvalue weighted by atomic mass is 9.33. The summed E-state index contributed by atoms with van der Waals surface area (Å²) in [6, 6.07) is 0. The minimum absolute atomic E-state index is 0.00990. The molecular formula is C36H56O10. The zero-order valence-electron chi connectivity index (χ0n) is 28.3. The lowest BCUT2D eigenvalue weighted by molar-refractivity contribution is -0.338. The Morgan fingerprint density at radius 2 is 1.61 bits per heavy atom. The van der Waals surface area contributed by atoms with Gasteiger partial charge in [0.15, 0.2) is 6.29 Å². The molecule has 0 aromatic rings. The minimum atomic E-state index is -1.64. The van der Waals surface area contributed by atoms with E-state index >= 15 is 0 Å². The number of carboxylic acid groups (broad SMARTS) is 1. The summed E-state index contributed by atoms with van der Waals surface area (Å²) in [6.07, 6.45) is 0.241. The van der Waals surface area contributed by atoms with E-state index in [1.807, 2.05) is 0 Å². The number of fused-ring (bicyclic) bond motifs is 7. The van der Waals surface area contributed by atoms with Crippen LogP contribution in [-0.2, 0) is 19.1 Å². The molecular weight excluding hydrogens is 592 g/mol. The summed E-state index contributed by atoms with van der Waals surface area (Å²) in [5, 5.41) is 63.4. The SMILES string of the molecule is CC1(C)CC[C@]2(C(=O)O)CC[C@]3(C)C(=CC[C@@H]4[C@@]5(C)CC(O)C(O[C@@H]6O[C@H](CO)[C@@H](O)[C@H](O)[C@H]6O)[C@@](C)(C=O)[C@@H]5CC[C@]43C)[C@@H]2C1. The maximum Gasteiger partial charge on any atom is 0.310 e. The van der Waals surface area contributed by atoms with Crippen LogP contribution in [0, 0.1) is 50.2 Å². The topological polar surface area (TPSA) is 174 Å². The van der Waals surface area contributed by atoms with Gasteiger partial charge in [-0.25, -0.2) is 0 Å². The molecule has 260 valence electrons. The zero-order valence-corrected chi connectivity index (χ0v) is 28.3. The summed E-state index contributed by atoms with van der Waals surface area (Å²) in [4.78, 5) is 26.1. The maximum absolute atomic E-state index is 13.2. The molecule has 5 fully saturated rings. The number of aliphatic hydroxyl groups excluding tert-OH is 5. The van der Waals surface area contributed by atoms with Crippen LogP contribution >= 0.6 is 0 Å². The van der Waals surface area contributed by atoms with Crippen LogP contribution in [0.25, 0.3) is 0 Å². The van der Waals surface area contributed by atoms with Crippen molar-refractivity contribution >= 4 is 12.3 Å². The van der Waals surface area contributed by atoms with Crippen molar-refractivity contribution in [2.45, 2.75) is 142 Å². The molecule has 0 aromatic heterocycles. The molecule has 1 heterocycles. The molecule has 10 nitrogen and oxygen atoms in total. The van der Waals surface area contributed by atoms with Crippen molar-refractivity contribution in [3.8, 4) is 0 Å². The normalized spacial score (nSPS) is 54.7. The highest BCUT2D eigenvalue weighted by molar-refractivity contribution is 5.76.